The van der Waals surface area contributed by atoms with Gasteiger partial charge in [-0.1, -0.05) is 104 Å². The fourth-order valence-corrected chi connectivity index (χ4v) is 4.81. The Morgan fingerprint density at radius 3 is 1.39 bits per heavy atom. The number of benzene rings is 3. The molecule has 0 atom stereocenters. The number of rotatable bonds is 13. The van der Waals surface area contributed by atoms with Gasteiger partial charge in [-0.2, -0.15) is 0 Å². The van der Waals surface area contributed by atoms with Crippen molar-refractivity contribution < 1.29 is 19.7 Å². The lowest BCUT2D eigenvalue weighted by atomic mass is 9.62. The van der Waals surface area contributed by atoms with Gasteiger partial charge in [0.25, 0.3) is 0 Å². The highest BCUT2D eigenvalue weighted by atomic mass is 16.7. The Bertz CT molecular complexity index is 825. The number of hydrogen-bond acceptors (Lipinski definition) is 4. The SMILES string of the molecule is COC(CCCCCCC(O)(O)C(c1ccccc1)(c1ccccc1)c1ccccc1)OC. The van der Waals surface area contributed by atoms with Gasteiger partial charge in [0.2, 0.25) is 0 Å². The molecule has 0 saturated heterocycles. The Labute approximate surface area is 197 Å². The minimum absolute atomic E-state index is 0.179. The molecule has 0 amide bonds. The van der Waals surface area contributed by atoms with E-state index in [9.17, 15) is 10.2 Å². The number of hydrogen-bond donors (Lipinski definition) is 2. The first-order chi connectivity index (χ1) is 16.1. The Balaban J connectivity index is 1.91. The Morgan fingerprint density at radius 1 is 0.606 bits per heavy atom. The van der Waals surface area contributed by atoms with Gasteiger partial charge < -0.3 is 19.7 Å². The minimum Gasteiger partial charge on any atom is -0.364 e. The maximum atomic E-state index is 11.8. The molecule has 0 saturated carbocycles. The van der Waals surface area contributed by atoms with Gasteiger partial charge in [0, 0.05) is 20.6 Å². The van der Waals surface area contributed by atoms with Gasteiger partial charge in [-0.05, 0) is 36.0 Å². The summed E-state index contributed by atoms with van der Waals surface area (Å²) in [5.74, 6) is -1.99. The van der Waals surface area contributed by atoms with Crippen LogP contribution in [0.25, 0.3) is 0 Å². The van der Waals surface area contributed by atoms with E-state index in [0.717, 1.165) is 42.4 Å². The van der Waals surface area contributed by atoms with E-state index in [1.54, 1.807) is 14.2 Å². The molecule has 4 nitrogen and oxygen atoms in total. The zero-order valence-corrected chi connectivity index (χ0v) is 19.7. The molecule has 0 aliphatic carbocycles. The lowest BCUT2D eigenvalue weighted by Gasteiger charge is -2.45. The van der Waals surface area contributed by atoms with Gasteiger partial charge in [-0.25, -0.2) is 0 Å². The molecule has 4 heteroatoms. The highest BCUT2D eigenvalue weighted by Crippen LogP contribution is 2.48. The van der Waals surface area contributed by atoms with Crippen LogP contribution < -0.4 is 0 Å². The molecule has 3 aromatic carbocycles. The van der Waals surface area contributed by atoms with Crippen molar-refractivity contribution in [3.8, 4) is 0 Å². The van der Waals surface area contributed by atoms with Crippen molar-refractivity contribution in [1.29, 1.82) is 0 Å². The molecule has 0 aliphatic heterocycles. The van der Waals surface area contributed by atoms with Crippen LogP contribution in [0.1, 0.15) is 55.2 Å². The lowest BCUT2D eigenvalue weighted by Crippen LogP contribution is -2.53. The van der Waals surface area contributed by atoms with Gasteiger partial charge in [-0.15, -0.1) is 0 Å². The topological polar surface area (TPSA) is 58.9 Å². The van der Waals surface area contributed by atoms with Crippen LogP contribution >= 0.6 is 0 Å². The second-order valence-electron chi connectivity index (χ2n) is 8.52. The average Bonchev–Trinajstić information content (AvgIpc) is 2.86. The van der Waals surface area contributed by atoms with E-state index in [1.807, 2.05) is 91.0 Å². The molecule has 0 aliphatic rings. The zero-order chi connectivity index (χ0) is 23.6. The summed E-state index contributed by atoms with van der Waals surface area (Å²) in [6.07, 6.45) is 4.46. The molecule has 0 heterocycles. The fraction of sp³-hybridized carbons (Fsp3) is 0.379. The van der Waals surface area contributed by atoms with Crippen molar-refractivity contribution in [3.05, 3.63) is 108 Å². The first-order valence-electron chi connectivity index (χ1n) is 11.7. The van der Waals surface area contributed by atoms with E-state index in [1.165, 1.54) is 0 Å². The minimum atomic E-state index is -1.99. The first kappa shape index (κ1) is 25.1. The lowest BCUT2D eigenvalue weighted by molar-refractivity contribution is -0.198. The van der Waals surface area contributed by atoms with Crippen LogP contribution in [0.3, 0.4) is 0 Å². The summed E-state index contributed by atoms with van der Waals surface area (Å²) in [4.78, 5) is 0. The Kier molecular flexibility index (Phi) is 9.21. The van der Waals surface area contributed by atoms with Crippen LogP contribution in [0.2, 0.25) is 0 Å². The van der Waals surface area contributed by atoms with Gasteiger partial charge in [0.1, 0.15) is 0 Å². The molecule has 0 spiro atoms. The van der Waals surface area contributed by atoms with Crippen molar-refractivity contribution in [2.75, 3.05) is 14.2 Å². The standard InChI is InChI=1S/C29H36O4/c1-32-27(33-2)22-14-3-4-15-23-28(30,31)29(24-16-8-5-9-17-24,25-18-10-6-11-19-25)26-20-12-7-13-21-26/h5-13,16-21,27,30-31H,3-4,14-15,22-23H2,1-2H3. The molecule has 0 unspecified atom stereocenters. The van der Waals surface area contributed by atoms with Crippen molar-refractivity contribution in [3.63, 3.8) is 0 Å². The Hall–Kier alpha value is -2.50. The molecule has 3 rings (SSSR count). The molecule has 2 N–H and O–H groups in total. The third-order valence-electron chi connectivity index (χ3n) is 6.46. The largest absolute Gasteiger partial charge is 0.364 e. The van der Waals surface area contributed by atoms with E-state index in [0.29, 0.717) is 6.42 Å². The van der Waals surface area contributed by atoms with Gasteiger partial charge in [-0.3, -0.25) is 0 Å². The number of ether oxygens (including phenoxy) is 2. The van der Waals surface area contributed by atoms with E-state index in [2.05, 4.69) is 0 Å². The van der Waals surface area contributed by atoms with Crippen molar-refractivity contribution in [1.82, 2.24) is 0 Å². The van der Waals surface area contributed by atoms with E-state index < -0.39 is 11.2 Å². The summed E-state index contributed by atoms with van der Waals surface area (Å²) >= 11 is 0. The van der Waals surface area contributed by atoms with Crippen molar-refractivity contribution in [2.45, 2.75) is 56.0 Å². The molecule has 0 aromatic heterocycles. The maximum absolute atomic E-state index is 11.8. The summed E-state index contributed by atoms with van der Waals surface area (Å²) in [5.41, 5.74) is 1.45. The normalized spacial score (nSPS) is 12.3. The molecule has 3 aromatic rings. The van der Waals surface area contributed by atoms with E-state index >= 15 is 0 Å². The van der Waals surface area contributed by atoms with Crippen molar-refractivity contribution in [2.24, 2.45) is 0 Å². The first-order valence-corrected chi connectivity index (χ1v) is 11.7. The average molecular weight is 449 g/mol. The molecule has 0 radical (unpaired) electrons. The number of unbranched alkanes of at least 4 members (excludes halogenated alkanes) is 3. The predicted molar refractivity (Wildman–Crippen MR) is 132 cm³/mol. The molecule has 33 heavy (non-hydrogen) atoms. The summed E-state index contributed by atoms with van der Waals surface area (Å²) < 4.78 is 10.5. The molecular formula is C29H36O4. The summed E-state index contributed by atoms with van der Waals surface area (Å²) in [7, 11) is 3.30. The highest BCUT2D eigenvalue weighted by Gasteiger charge is 2.52. The second kappa shape index (κ2) is 12.1. The monoisotopic (exact) mass is 448 g/mol. The van der Waals surface area contributed by atoms with Gasteiger partial charge >= 0.3 is 0 Å². The van der Waals surface area contributed by atoms with Crippen LogP contribution in [0.5, 0.6) is 0 Å². The molecule has 0 fully saturated rings. The van der Waals surface area contributed by atoms with Gasteiger partial charge in [0.05, 0.1) is 5.41 Å². The fourth-order valence-electron chi connectivity index (χ4n) is 4.81. The second-order valence-corrected chi connectivity index (χ2v) is 8.52. The molecule has 176 valence electrons. The van der Waals surface area contributed by atoms with Crippen LogP contribution in [0.4, 0.5) is 0 Å². The highest BCUT2D eigenvalue weighted by molar-refractivity contribution is 5.53. The number of methoxy groups -OCH3 is 2. The van der Waals surface area contributed by atoms with Crippen LogP contribution in [-0.4, -0.2) is 36.5 Å². The van der Waals surface area contributed by atoms with Gasteiger partial charge in [0.15, 0.2) is 12.1 Å². The summed E-state index contributed by atoms with van der Waals surface area (Å²) in [6.45, 7) is 0. The smallest absolute Gasteiger partial charge is 0.180 e. The zero-order valence-electron chi connectivity index (χ0n) is 19.7. The van der Waals surface area contributed by atoms with Crippen LogP contribution in [-0.2, 0) is 14.9 Å². The predicted octanol–water partition coefficient (Wildman–Crippen LogP) is 5.66. The van der Waals surface area contributed by atoms with E-state index in [4.69, 9.17) is 9.47 Å². The summed E-state index contributed by atoms with van der Waals surface area (Å²) in [6, 6.07) is 29.5. The number of aliphatic hydroxyl groups is 2. The van der Waals surface area contributed by atoms with Crippen LogP contribution in [0, 0.1) is 0 Å². The maximum Gasteiger partial charge on any atom is 0.180 e. The third kappa shape index (κ3) is 5.71. The quantitative estimate of drug-likeness (QED) is 0.201. The van der Waals surface area contributed by atoms with E-state index in [-0.39, 0.29) is 12.7 Å². The summed E-state index contributed by atoms with van der Waals surface area (Å²) in [5, 5.41) is 23.6. The molecule has 0 bridgehead atoms. The third-order valence-corrected chi connectivity index (χ3v) is 6.46. The molecular weight excluding hydrogens is 412 g/mol. The van der Waals surface area contributed by atoms with Crippen molar-refractivity contribution >= 4 is 0 Å². The van der Waals surface area contributed by atoms with Crippen LogP contribution in [0.15, 0.2) is 91.0 Å². The Morgan fingerprint density at radius 2 is 1.00 bits per heavy atom.